The number of thiol groups is 1. The molecule has 3 heteroatoms. The van der Waals surface area contributed by atoms with Crippen molar-refractivity contribution in [3.63, 3.8) is 0 Å². The van der Waals surface area contributed by atoms with Crippen LogP contribution in [0.25, 0.3) is 0 Å². The molecule has 0 N–H and O–H groups in total. The van der Waals surface area contributed by atoms with Crippen LogP contribution >= 0.6 is 12.6 Å². The van der Waals surface area contributed by atoms with Gasteiger partial charge in [-0.25, -0.2) is 0 Å². The van der Waals surface area contributed by atoms with Gasteiger partial charge in [0.2, 0.25) is 0 Å². The molecule has 14 heavy (non-hydrogen) atoms. The zero-order valence-corrected chi connectivity index (χ0v) is 10.9. The molecule has 0 rings (SSSR count). The largest absolute Gasteiger partial charge is 0.383 e. The lowest BCUT2D eigenvalue weighted by atomic mass is 9.97. The van der Waals surface area contributed by atoms with Crippen molar-refractivity contribution in [3.8, 4) is 0 Å². The van der Waals surface area contributed by atoms with Crippen molar-refractivity contribution in [2.45, 2.75) is 20.8 Å². The van der Waals surface area contributed by atoms with Crippen LogP contribution in [0.15, 0.2) is 0 Å². The van der Waals surface area contributed by atoms with Crippen molar-refractivity contribution in [3.05, 3.63) is 0 Å². The van der Waals surface area contributed by atoms with Crippen LogP contribution in [0.2, 0.25) is 0 Å². The Labute approximate surface area is 94.4 Å². The maximum Gasteiger partial charge on any atom is 0.0589 e. The number of rotatable bonds is 8. The Bertz CT molecular complexity index is 130. The molecule has 0 spiro atoms. The smallest absolute Gasteiger partial charge is 0.0589 e. The Balaban J connectivity index is 3.87. The second kappa shape index (κ2) is 8.57. The summed E-state index contributed by atoms with van der Waals surface area (Å²) in [6.45, 7) is 10.8. The van der Waals surface area contributed by atoms with E-state index in [-0.39, 0.29) is 0 Å². The summed E-state index contributed by atoms with van der Waals surface area (Å²) in [6, 6.07) is 0. The van der Waals surface area contributed by atoms with E-state index in [4.69, 9.17) is 4.74 Å². The lowest BCUT2D eigenvalue weighted by Gasteiger charge is -2.27. The van der Waals surface area contributed by atoms with Crippen molar-refractivity contribution in [1.29, 1.82) is 0 Å². The number of methoxy groups -OCH3 is 1. The first-order valence-electron chi connectivity index (χ1n) is 5.47. The Morgan fingerprint density at radius 1 is 1.36 bits per heavy atom. The molecular weight excluding hydrogens is 194 g/mol. The molecule has 0 aliphatic rings. The van der Waals surface area contributed by atoms with Gasteiger partial charge < -0.3 is 9.64 Å². The highest BCUT2D eigenvalue weighted by molar-refractivity contribution is 7.80. The van der Waals surface area contributed by atoms with Crippen molar-refractivity contribution in [2.24, 2.45) is 11.8 Å². The van der Waals surface area contributed by atoms with E-state index < -0.39 is 0 Å². The number of likely N-dealkylation sites (N-methyl/N-ethyl adjacent to an activating group) is 1. The van der Waals surface area contributed by atoms with Crippen molar-refractivity contribution >= 4 is 12.6 Å². The third-order valence-electron chi connectivity index (χ3n) is 2.73. The Morgan fingerprint density at radius 2 is 2.00 bits per heavy atom. The summed E-state index contributed by atoms with van der Waals surface area (Å²) in [5.41, 5.74) is 0. The highest BCUT2D eigenvalue weighted by Crippen LogP contribution is 2.13. The van der Waals surface area contributed by atoms with Crippen LogP contribution in [0.3, 0.4) is 0 Å². The summed E-state index contributed by atoms with van der Waals surface area (Å²) in [4.78, 5) is 2.43. The molecule has 0 aromatic carbocycles. The van der Waals surface area contributed by atoms with Crippen LogP contribution in [0.1, 0.15) is 20.8 Å². The zero-order valence-electron chi connectivity index (χ0n) is 9.99. The molecule has 0 aromatic heterocycles. The first kappa shape index (κ1) is 14.3. The van der Waals surface area contributed by atoms with Gasteiger partial charge in [0.1, 0.15) is 0 Å². The molecule has 0 aliphatic carbocycles. The van der Waals surface area contributed by atoms with Gasteiger partial charge in [-0.3, -0.25) is 0 Å². The minimum atomic E-state index is 0.690. The maximum absolute atomic E-state index is 5.09. The lowest BCUT2D eigenvalue weighted by molar-refractivity contribution is 0.136. The van der Waals surface area contributed by atoms with E-state index in [9.17, 15) is 0 Å². The summed E-state index contributed by atoms with van der Waals surface area (Å²) in [5.74, 6) is 2.38. The normalized spacial score (nSPS) is 13.9. The summed E-state index contributed by atoms with van der Waals surface area (Å²) < 4.78 is 5.09. The lowest BCUT2D eigenvalue weighted by Crippen LogP contribution is -2.34. The van der Waals surface area contributed by atoms with E-state index in [1.807, 2.05) is 0 Å². The van der Waals surface area contributed by atoms with Crippen LogP contribution in [0.4, 0.5) is 0 Å². The van der Waals surface area contributed by atoms with E-state index in [1.165, 1.54) is 0 Å². The van der Waals surface area contributed by atoms with E-state index in [1.54, 1.807) is 7.11 Å². The molecule has 1 atom stereocenters. The van der Waals surface area contributed by atoms with Crippen LogP contribution in [-0.2, 0) is 4.74 Å². The van der Waals surface area contributed by atoms with Gasteiger partial charge in [0.05, 0.1) is 6.61 Å². The molecule has 1 unspecified atom stereocenters. The molecule has 0 radical (unpaired) electrons. The van der Waals surface area contributed by atoms with Gasteiger partial charge in [0, 0.05) is 20.2 Å². The maximum atomic E-state index is 5.09. The van der Waals surface area contributed by atoms with E-state index in [0.29, 0.717) is 11.8 Å². The molecule has 0 saturated heterocycles. The summed E-state index contributed by atoms with van der Waals surface area (Å²) in [5, 5.41) is 0. The van der Waals surface area contributed by atoms with Gasteiger partial charge in [0.25, 0.3) is 0 Å². The Hall–Kier alpha value is 0.270. The molecular formula is C11H25NOS. The second-order valence-corrected chi connectivity index (χ2v) is 4.44. The molecule has 0 fully saturated rings. The molecule has 86 valence electrons. The molecule has 0 heterocycles. The predicted octanol–water partition coefficient (Wildman–Crippen LogP) is 2.16. The zero-order chi connectivity index (χ0) is 11.0. The van der Waals surface area contributed by atoms with Gasteiger partial charge in [-0.1, -0.05) is 20.8 Å². The Kier molecular flexibility index (Phi) is 8.73. The average molecular weight is 219 g/mol. The monoisotopic (exact) mass is 219 g/mol. The summed E-state index contributed by atoms with van der Waals surface area (Å²) >= 11 is 4.40. The van der Waals surface area contributed by atoms with E-state index in [2.05, 4.69) is 38.3 Å². The average Bonchev–Trinajstić information content (AvgIpc) is 2.18. The predicted molar refractivity (Wildman–Crippen MR) is 66.2 cm³/mol. The molecule has 2 nitrogen and oxygen atoms in total. The third kappa shape index (κ3) is 5.89. The first-order chi connectivity index (χ1) is 6.65. The molecule has 0 bridgehead atoms. The number of ether oxygens (including phenoxy) is 1. The quantitative estimate of drug-likeness (QED) is 0.628. The molecule has 0 saturated carbocycles. The van der Waals surface area contributed by atoms with E-state index in [0.717, 1.165) is 32.0 Å². The minimum absolute atomic E-state index is 0.690. The topological polar surface area (TPSA) is 12.5 Å². The van der Waals surface area contributed by atoms with Gasteiger partial charge >= 0.3 is 0 Å². The van der Waals surface area contributed by atoms with Crippen molar-refractivity contribution < 1.29 is 4.74 Å². The third-order valence-corrected chi connectivity index (χ3v) is 3.20. The van der Waals surface area contributed by atoms with E-state index >= 15 is 0 Å². The van der Waals surface area contributed by atoms with Crippen LogP contribution in [0.5, 0.6) is 0 Å². The minimum Gasteiger partial charge on any atom is -0.383 e. The van der Waals surface area contributed by atoms with Gasteiger partial charge in [0.15, 0.2) is 0 Å². The fourth-order valence-electron chi connectivity index (χ4n) is 1.41. The SMILES string of the molecule is CCN(CCOC)CC(CS)C(C)C. The number of hydrogen-bond donors (Lipinski definition) is 1. The number of hydrogen-bond acceptors (Lipinski definition) is 3. The summed E-state index contributed by atoms with van der Waals surface area (Å²) in [7, 11) is 1.76. The summed E-state index contributed by atoms with van der Waals surface area (Å²) in [6.07, 6.45) is 0. The second-order valence-electron chi connectivity index (χ2n) is 4.07. The fraction of sp³-hybridized carbons (Fsp3) is 1.00. The highest BCUT2D eigenvalue weighted by atomic mass is 32.1. The fourth-order valence-corrected chi connectivity index (χ4v) is 1.95. The van der Waals surface area contributed by atoms with Gasteiger partial charge in [-0.2, -0.15) is 12.6 Å². The first-order valence-corrected chi connectivity index (χ1v) is 6.11. The molecule has 0 aliphatic heterocycles. The van der Waals surface area contributed by atoms with Crippen molar-refractivity contribution in [1.82, 2.24) is 4.90 Å². The van der Waals surface area contributed by atoms with Gasteiger partial charge in [-0.05, 0) is 24.1 Å². The van der Waals surface area contributed by atoms with Gasteiger partial charge in [-0.15, -0.1) is 0 Å². The standard InChI is InChI=1S/C11H25NOS/c1-5-12(6-7-13-4)8-11(9-14)10(2)3/h10-11,14H,5-9H2,1-4H3. The van der Waals surface area contributed by atoms with Crippen molar-refractivity contribution in [2.75, 3.05) is 39.1 Å². The van der Waals surface area contributed by atoms with Crippen LogP contribution in [-0.4, -0.2) is 44.0 Å². The molecule has 0 amide bonds. The van der Waals surface area contributed by atoms with Crippen LogP contribution in [0, 0.1) is 11.8 Å². The highest BCUT2D eigenvalue weighted by Gasteiger charge is 2.14. The number of nitrogens with zero attached hydrogens (tertiary/aromatic N) is 1. The Morgan fingerprint density at radius 3 is 2.36 bits per heavy atom. The molecule has 0 aromatic rings. The van der Waals surface area contributed by atoms with Crippen LogP contribution < -0.4 is 0 Å².